The maximum Gasteiger partial charge on any atom is 0.251 e. The largest absolute Gasteiger partial charge is 0.494 e. The number of hydrogen-bond acceptors (Lipinski definition) is 5. The van der Waals surface area contributed by atoms with E-state index in [1.165, 1.54) is 24.0 Å². The zero-order valence-electron chi connectivity index (χ0n) is 11.5. The summed E-state index contributed by atoms with van der Waals surface area (Å²) in [6.45, 7) is 2.51. The van der Waals surface area contributed by atoms with Crippen molar-refractivity contribution < 1.29 is 9.53 Å². The summed E-state index contributed by atoms with van der Waals surface area (Å²) in [5.41, 5.74) is 0.456. The van der Waals surface area contributed by atoms with Crippen LogP contribution < -0.4 is 15.6 Å². The number of anilines is 1. The van der Waals surface area contributed by atoms with Crippen LogP contribution in [0.4, 0.5) is 5.69 Å². The second-order valence-corrected chi connectivity index (χ2v) is 5.00. The number of thioether (sulfide) groups is 1. The molecule has 2 aromatic rings. The second-order valence-electron chi connectivity index (χ2n) is 4.03. The van der Waals surface area contributed by atoms with Crippen LogP contribution in [0.3, 0.4) is 0 Å². The summed E-state index contributed by atoms with van der Waals surface area (Å²) in [4.78, 5) is 29.4. The maximum absolute atomic E-state index is 11.8. The van der Waals surface area contributed by atoms with Crippen LogP contribution in [-0.4, -0.2) is 28.2 Å². The van der Waals surface area contributed by atoms with Gasteiger partial charge in [-0.2, -0.15) is 0 Å². The molecule has 2 rings (SSSR count). The van der Waals surface area contributed by atoms with Crippen molar-refractivity contribution in [3.63, 3.8) is 0 Å². The Kier molecular flexibility index (Phi) is 5.39. The number of nitrogens with zero attached hydrogens (tertiary/aromatic N) is 1. The first-order valence-electron chi connectivity index (χ1n) is 6.38. The number of ether oxygens (including phenoxy) is 1. The smallest absolute Gasteiger partial charge is 0.251 e. The van der Waals surface area contributed by atoms with Gasteiger partial charge in [-0.3, -0.25) is 9.59 Å². The minimum Gasteiger partial charge on any atom is -0.494 e. The van der Waals surface area contributed by atoms with E-state index in [2.05, 4.69) is 15.3 Å². The van der Waals surface area contributed by atoms with Crippen molar-refractivity contribution in [2.24, 2.45) is 0 Å². The number of aromatic nitrogens is 2. The summed E-state index contributed by atoms with van der Waals surface area (Å²) in [6, 6.07) is 8.46. The van der Waals surface area contributed by atoms with E-state index < -0.39 is 0 Å². The lowest BCUT2D eigenvalue weighted by Gasteiger charge is -2.06. The quantitative estimate of drug-likeness (QED) is 0.629. The monoisotopic (exact) mass is 305 g/mol. The van der Waals surface area contributed by atoms with E-state index in [9.17, 15) is 9.59 Å². The van der Waals surface area contributed by atoms with Gasteiger partial charge in [0, 0.05) is 18.0 Å². The van der Waals surface area contributed by atoms with Crippen molar-refractivity contribution in [2.75, 3.05) is 17.7 Å². The van der Waals surface area contributed by atoms with E-state index in [1.807, 2.05) is 6.92 Å². The highest BCUT2D eigenvalue weighted by Crippen LogP contribution is 2.16. The van der Waals surface area contributed by atoms with Gasteiger partial charge in [-0.15, -0.1) is 0 Å². The molecular weight excluding hydrogens is 290 g/mol. The Morgan fingerprint density at radius 1 is 1.33 bits per heavy atom. The molecule has 1 heterocycles. The average molecular weight is 305 g/mol. The highest BCUT2D eigenvalue weighted by atomic mass is 32.2. The Labute approximate surface area is 125 Å². The highest BCUT2D eigenvalue weighted by Gasteiger charge is 2.05. The van der Waals surface area contributed by atoms with Gasteiger partial charge in [-0.05, 0) is 31.2 Å². The zero-order chi connectivity index (χ0) is 15.1. The Morgan fingerprint density at radius 2 is 2.10 bits per heavy atom. The summed E-state index contributed by atoms with van der Waals surface area (Å²) in [5, 5.41) is 3.18. The molecule has 7 heteroatoms. The molecule has 1 aromatic carbocycles. The van der Waals surface area contributed by atoms with Crippen LogP contribution in [0.2, 0.25) is 0 Å². The van der Waals surface area contributed by atoms with Crippen LogP contribution in [0.5, 0.6) is 5.75 Å². The third-order valence-electron chi connectivity index (χ3n) is 2.44. The zero-order valence-corrected chi connectivity index (χ0v) is 12.3. The molecule has 21 heavy (non-hydrogen) atoms. The van der Waals surface area contributed by atoms with E-state index in [1.54, 1.807) is 24.3 Å². The summed E-state index contributed by atoms with van der Waals surface area (Å²) in [5.74, 6) is 0.756. The molecule has 6 nitrogen and oxygen atoms in total. The number of benzene rings is 1. The summed E-state index contributed by atoms with van der Waals surface area (Å²) >= 11 is 1.17. The van der Waals surface area contributed by atoms with Gasteiger partial charge >= 0.3 is 0 Å². The summed E-state index contributed by atoms with van der Waals surface area (Å²) < 4.78 is 5.32. The molecule has 0 radical (unpaired) electrons. The number of rotatable bonds is 6. The molecule has 0 unspecified atom stereocenters. The van der Waals surface area contributed by atoms with Crippen LogP contribution in [0.25, 0.3) is 0 Å². The summed E-state index contributed by atoms with van der Waals surface area (Å²) in [7, 11) is 0. The van der Waals surface area contributed by atoms with Crippen LogP contribution in [0, 0.1) is 0 Å². The lowest BCUT2D eigenvalue weighted by Crippen LogP contribution is -2.15. The third-order valence-corrected chi connectivity index (χ3v) is 3.32. The van der Waals surface area contributed by atoms with E-state index in [0.29, 0.717) is 17.5 Å². The molecule has 0 spiro atoms. The molecule has 110 valence electrons. The normalized spacial score (nSPS) is 10.1. The molecular formula is C14H15N3O3S. The molecule has 0 fully saturated rings. The van der Waals surface area contributed by atoms with Crippen LogP contribution in [0.15, 0.2) is 46.5 Å². The fraction of sp³-hybridized carbons (Fsp3) is 0.214. The average Bonchev–Trinajstić information content (AvgIpc) is 2.48. The van der Waals surface area contributed by atoms with E-state index in [-0.39, 0.29) is 17.2 Å². The minimum absolute atomic E-state index is 0.167. The van der Waals surface area contributed by atoms with Gasteiger partial charge in [0.1, 0.15) is 5.75 Å². The minimum atomic E-state index is -0.237. The number of carbonyl (C=O) groups is 1. The summed E-state index contributed by atoms with van der Waals surface area (Å²) in [6.07, 6.45) is 1.41. The van der Waals surface area contributed by atoms with Crippen LogP contribution >= 0.6 is 11.8 Å². The molecule has 1 aromatic heterocycles. The maximum atomic E-state index is 11.8. The number of aromatic amines is 1. The Morgan fingerprint density at radius 3 is 2.76 bits per heavy atom. The fourth-order valence-electron chi connectivity index (χ4n) is 1.56. The van der Waals surface area contributed by atoms with Gasteiger partial charge in [-0.25, -0.2) is 4.98 Å². The van der Waals surface area contributed by atoms with Gasteiger partial charge in [-0.1, -0.05) is 11.8 Å². The van der Waals surface area contributed by atoms with Crippen molar-refractivity contribution in [2.45, 2.75) is 12.1 Å². The third kappa shape index (κ3) is 4.96. The van der Waals surface area contributed by atoms with Crippen molar-refractivity contribution in [3.05, 3.63) is 46.9 Å². The fourth-order valence-corrected chi connectivity index (χ4v) is 2.21. The molecule has 0 atom stereocenters. The Hall–Kier alpha value is -2.28. The van der Waals surface area contributed by atoms with Crippen molar-refractivity contribution in [3.8, 4) is 5.75 Å². The van der Waals surface area contributed by atoms with Crippen molar-refractivity contribution >= 4 is 23.4 Å². The lowest BCUT2D eigenvalue weighted by molar-refractivity contribution is -0.113. The molecule has 0 aliphatic rings. The van der Waals surface area contributed by atoms with E-state index in [4.69, 9.17) is 4.74 Å². The first kappa shape index (κ1) is 15.1. The van der Waals surface area contributed by atoms with Crippen LogP contribution in [0.1, 0.15) is 6.92 Å². The topological polar surface area (TPSA) is 84.1 Å². The Balaban J connectivity index is 1.85. The number of hydrogen-bond donors (Lipinski definition) is 2. The number of amides is 1. The number of carbonyl (C=O) groups excluding carboxylic acids is 1. The second kappa shape index (κ2) is 7.49. The molecule has 0 bridgehead atoms. The van der Waals surface area contributed by atoms with Crippen molar-refractivity contribution in [1.29, 1.82) is 0 Å². The van der Waals surface area contributed by atoms with E-state index >= 15 is 0 Å². The molecule has 0 aliphatic heterocycles. The SMILES string of the molecule is CCOc1ccc(NC(=O)CSc2nccc(=O)[nH]2)cc1. The molecule has 1 amide bonds. The number of nitrogens with one attached hydrogen (secondary N) is 2. The van der Waals surface area contributed by atoms with Crippen molar-refractivity contribution in [1.82, 2.24) is 9.97 Å². The molecule has 2 N–H and O–H groups in total. The standard InChI is InChI=1S/C14H15N3O3S/c1-2-20-11-5-3-10(4-6-11)16-13(19)9-21-14-15-8-7-12(18)17-14/h3-8H,2,9H2,1H3,(H,16,19)(H,15,17,18). The van der Waals surface area contributed by atoms with Gasteiger partial charge in [0.05, 0.1) is 12.4 Å². The molecule has 0 aliphatic carbocycles. The Bertz CT molecular complexity index is 655. The number of H-pyrrole nitrogens is 1. The molecule has 0 saturated carbocycles. The van der Waals surface area contributed by atoms with Gasteiger partial charge in [0.25, 0.3) is 5.56 Å². The van der Waals surface area contributed by atoms with Gasteiger partial charge in [0.15, 0.2) is 5.16 Å². The van der Waals surface area contributed by atoms with Crippen LogP contribution in [-0.2, 0) is 4.79 Å². The van der Waals surface area contributed by atoms with Gasteiger partial charge in [0.2, 0.25) is 5.91 Å². The molecule has 0 saturated heterocycles. The predicted molar refractivity (Wildman–Crippen MR) is 81.8 cm³/mol. The van der Waals surface area contributed by atoms with Gasteiger partial charge < -0.3 is 15.0 Å². The lowest BCUT2D eigenvalue weighted by atomic mass is 10.3. The highest BCUT2D eigenvalue weighted by molar-refractivity contribution is 7.99. The first-order valence-corrected chi connectivity index (χ1v) is 7.37. The first-order chi connectivity index (χ1) is 10.2. The predicted octanol–water partition coefficient (Wildman–Crippen LogP) is 1.90. The van der Waals surface area contributed by atoms with E-state index in [0.717, 1.165) is 5.75 Å².